The molecule has 0 aliphatic carbocycles. The van der Waals surface area contributed by atoms with Crippen LogP contribution in [0.3, 0.4) is 0 Å². The summed E-state index contributed by atoms with van der Waals surface area (Å²) in [4.78, 5) is 12.0. The lowest BCUT2D eigenvalue weighted by atomic mass is 9.92. The SMILES string of the molecule is CCC(CC#N)NC(=O)C1NCCCC1C. The topological polar surface area (TPSA) is 64.9 Å². The monoisotopic (exact) mass is 223 g/mol. The van der Waals surface area contributed by atoms with Crippen molar-refractivity contribution < 1.29 is 4.79 Å². The minimum atomic E-state index is -0.0820. The summed E-state index contributed by atoms with van der Waals surface area (Å²) in [6, 6.07) is 2.02. The molecule has 1 heterocycles. The summed E-state index contributed by atoms with van der Waals surface area (Å²) in [5.41, 5.74) is 0. The number of nitrogens with one attached hydrogen (secondary N) is 2. The fourth-order valence-electron chi connectivity index (χ4n) is 2.10. The standard InChI is InChI=1S/C12H21N3O/c1-3-10(6-7-13)15-12(16)11-9(2)5-4-8-14-11/h9-11,14H,3-6,8H2,1-2H3,(H,15,16). The number of rotatable bonds is 4. The summed E-state index contributed by atoms with van der Waals surface area (Å²) in [5, 5.41) is 14.8. The van der Waals surface area contributed by atoms with Crippen LogP contribution in [-0.4, -0.2) is 24.5 Å². The molecule has 4 nitrogen and oxygen atoms in total. The molecule has 0 aromatic carbocycles. The highest BCUT2D eigenvalue weighted by atomic mass is 16.2. The molecule has 16 heavy (non-hydrogen) atoms. The van der Waals surface area contributed by atoms with Crippen LogP contribution in [0.25, 0.3) is 0 Å². The number of hydrogen-bond acceptors (Lipinski definition) is 3. The zero-order valence-corrected chi connectivity index (χ0v) is 10.1. The van der Waals surface area contributed by atoms with Crippen LogP contribution in [0, 0.1) is 17.2 Å². The third kappa shape index (κ3) is 3.49. The van der Waals surface area contributed by atoms with Crippen molar-refractivity contribution in [2.75, 3.05) is 6.54 Å². The van der Waals surface area contributed by atoms with Crippen LogP contribution < -0.4 is 10.6 Å². The number of hydrogen-bond donors (Lipinski definition) is 2. The number of amides is 1. The predicted molar refractivity (Wildman–Crippen MR) is 62.6 cm³/mol. The van der Waals surface area contributed by atoms with Crippen LogP contribution in [0.15, 0.2) is 0 Å². The Morgan fingerprint density at radius 3 is 3.00 bits per heavy atom. The lowest BCUT2D eigenvalue weighted by Gasteiger charge is -2.30. The van der Waals surface area contributed by atoms with Crippen LogP contribution in [0.5, 0.6) is 0 Å². The lowest BCUT2D eigenvalue weighted by Crippen LogP contribution is -2.52. The highest BCUT2D eigenvalue weighted by molar-refractivity contribution is 5.82. The van der Waals surface area contributed by atoms with Gasteiger partial charge in [0.05, 0.1) is 18.5 Å². The Morgan fingerprint density at radius 1 is 1.69 bits per heavy atom. The first kappa shape index (κ1) is 13.0. The van der Waals surface area contributed by atoms with Crippen molar-refractivity contribution in [2.45, 2.75) is 51.6 Å². The summed E-state index contributed by atoms with van der Waals surface area (Å²) in [5.74, 6) is 0.433. The molecule has 1 saturated heterocycles. The summed E-state index contributed by atoms with van der Waals surface area (Å²) in [6.07, 6.45) is 3.43. The van der Waals surface area contributed by atoms with Gasteiger partial charge in [0, 0.05) is 6.04 Å². The Hall–Kier alpha value is -1.08. The van der Waals surface area contributed by atoms with Crippen molar-refractivity contribution in [2.24, 2.45) is 5.92 Å². The molecular weight excluding hydrogens is 202 g/mol. The van der Waals surface area contributed by atoms with E-state index in [1.807, 2.05) is 6.92 Å². The molecule has 3 unspecified atom stereocenters. The van der Waals surface area contributed by atoms with E-state index in [2.05, 4.69) is 23.6 Å². The van der Waals surface area contributed by atoms with Crippen LogP contribution in [0.1, 0.15) is 39.5 Å². The molecule has 0 saturated carbocycles. The average Bonchev–Trinajstić information content (AvgIpc) is 2.28. The minimum Gasteiger partial charge on any atom is -0.351 e. The molecule has 0 aromatic rings. The maximum Gasteiger partial charge on any atom is 0.237 e. The van der Waals surface area contributed by atoms with Gasteiger partial charge in [-0.2, -0.15) is 5.26 Å². The molecule has 4 heteroatoms. The maximum absolute atomic E-state index is 12.0. The van der Waals surface area contributed by atoms with E-state index in [0.717, 1.165) is 25.8 Å². The van der Waals surface area contributed by atoms with Crippen LogP contribution in [-0.2, 0) is 4.79 Å². The molecular formula is C12H21N3O. The molecule has 1 fully saturated rings. The third-order valence-electron chi connectivity index (χ3n) is 3.23. The molecule has 1 aliphatic rings. The summed E-state index contributed by atoms with van der Waals surface area (Å²) in [6.45, 7) is 5.00. The highest BCUT2D eigenvalue weighted by Gasteiger charge is 2.28. The Balaban J connectivity index is 2.46. The first-order valence-electron chi connectivity index (χ1n) is 6.09. The molecule has 1 rings (SSSR count). The molecule has 0 spiro atoms. The van der Waals surface area contributed by atoms with E-state index in [0.29, 0.717) is 12.3 Å². The fourth-order valence-corrected chi connectivity index (χ4v) is 2.10. The minimum absolute atomic E-state index is 0.00609. The number of carbonyl (C=O) groups excluding carboxylic acids is 1. The molecule has 2 N–H and O–H groups in total. The quantitative estimate of drug-likeness (QED) is 0.752. The largest absolute Gasteiger partial charge is 0.351 e. The molecule has 3 atom stereocenters. The van der Waals surface area contributed by atoms with Crippen LogP contribution in [0.2, 0.25) is 0 Å². The van der Waals surface area contributed by atoms with Gasteiger partial charge in [-0.25, -0.2) is 0 Å². The molecule has 1 aliphatic heterocycles. The van der Waals surface area contributed by atoms with Gasteiger partial charge in [-0.05, 0) is 31.7 Å². The van der Waals surface area contributed by atoms with Gasteiger partial charge in [-0.15, -0.1) is 0 Å². The van der Waals surface area contributed by atoms with E-state index in [1.165, 1.54) is 0 Å². The second kappa shape index (κ2) is 6.49. The zero-order chi connectivity index (χ0) is 12.0. The Morgan fingerprint density at radius 2 is 2.44 bits per heavy atom. The van der Waals surface area contributed by atoms with E-state index in [9.17, 15) is 4.79 Å². The van der Waals surface area contributed by atoms with Crippen molar-refractivity contribution in [3.8, 4) is 6.07 Å². The van der Waals surface area contributed by atoms with Crippen LogP contribution in [0.4, 0.5) is 0 Å². The lowest BCUT2D eigenvalue weighted by molar-refractivity contribution is -0.125. The van der Waals surface area contributed by atoms with Crippen molar-refractivity contribution >= 4 is 5.91 Å². The van der Waals surface area contributed by atoms with Gasteiger partial charge in [0.15, 0.2) is 0 Å². The predicted octanol–water partition coefficient (Wildman–Crippen LogP) is 1.18. The fraction of sp³-hybridized carbons (Fsp3) is 0.833. The molecule has 0 bridgehead atoms. The third-order valence-corrected chi connectivity index (χ3v) is 3.23. The smallest absolute Gasteiger partial charge is 0.237 e. The molecule has 90 valence electrons. The first-order chi connectivity index (χ1) is 7.69. The molecule has 1 amide bonds. The van der Waals surface area contributed by atoms with Crippen molar-refractivity contribution in [3.05, 3.63) is 0 Å². The van der Waals surface area contributed by atoms with E-state index >= 15 is 0 Å². The number of nitrogens with zero attached hydrogens (tertiary/aromatic N) is 1. The van der Waals surface area contributed by atoms with Crippen molar-refractivity contribution in [3.63, 3.8) is 0 Å². The Labute approximate surface area is 97.4 Å². The summed E-state index contributed by atoms with van der Waals surface area (Å²) in [7, 11) is 0. The second-order valence-electron chi connectivity index (χ2n) is 4.53. The maximum atomic E-state index is 12.0. The van der Waals surface area contributed by atoms with E-state index in [1.54, 1.807) is 0 Å². The second-order valence-corrected chi connectivity index (χ2v) is 4.53. The van der Waals surface area contributed by atoms with E-state index in [4.69, 9.17) is 5.26 Å². The molecule has 0 radical (unpaired) electrons. The number of carbonyl (C=O) groups is 1. The zero-order valence-electron chi connectivity index (χ0n) is 10.1. The van der Waals surface area contributed by atoms with Gasteiger partial charge in [-0.3, -0.25) is 4.79 Å². The molecule has 0 aromatic heterocycles. The van der Waals surface area contributed by atoms with Gasteiger partial charge in [0.1, 0.15) is 0 Å². The van der Waals surface area contributed by atoms with Gasteiger partial charge >= 0.3 is 0 Å². The Bertz CT molecular complexity index is 272. The average molecular weight is 223 g/mol. The highest BCUT2D eigenvalue weighted by Crippen LogP contribution is 2.15. The van der Waals surface area contributed by atoms with E-state index in [-0.39, 0.29) is 18.0 Å². The normalized spacial score (nSPS) is 26.8. The summed E-state index contributed by atoms with van der Waals surface area (Å²) < 4.78 is 0. The van der Waals surface area contributed by atoms with E-state index < -0.39 is 0 Å². The Kier molecular flexibility index (Phi) is 5.27. The number of nitriles is 1. The number of piperidine rings is 1. The van der Waals surface area contributed by atoms with Gasteiger partial charge < -0.3 is 10.6 Å². The first-order valence-corrected chi connectivity index (χ1v) is 6.09. The van der Waals surface area contributed by atoms with Crippen molar-refractivity contribution in [1.82, 2.24) is 10.6 Å². The van der Waals surface area contributed by atoms with Gasteiger partial charge in [-0.1, -0.05) is 13.8 Å². The van der Waals surface area contributed by atoms with Crippen LogP contribution >= 0.6 is 0 Å². The van der Waals surface area contributed by atoms with Gasteiger partial charge in [0.25, 0.3) is 0 Å². The summed E-state index contributed by atoms with van der Waals surface area (Å²) >= 11 is 0. The van der Waals surface area contributed by atoms with Gasteiger partial charge in [0.2, 0.25) is 5.91 Å². The van der Waals surface area contributed by atoms with Crippen molar-refractivity contribution in [1.29, 1.82) is 5.26 Å².